The number of nitrogens with one attached hydrogen (secondary N) is 2. The molecule has 0 aliphatic carbocycles. The number of methoxy groups -OCH3 is 1. The summed E-state index contributed by atoms with van der Waals surface area (Å²) in [6, 6.07) is 13.2. The maximum Gasteiger partial charge on any atom is 0.271 e. The van der Waals surface area contributed by atoms with Gasteiger partial charge in [0.2, 0.25) is 5.13 Å². The molecule has 31 heavy (non-hydrogen) atoms. The number of benzene rings is 2. The van der Waals surface area contributed by atoms with Crippen LogP contribution in [0.4, 0.5) is 16.5 Å². The van der Waals surface area contributed by atoms with Crippen LogP contribution >= 0.6 is 28.3 Å². The molecule has 0 spiro atoms. The monoisotopic (exact) mass is 505 g/mol. The molecule has 1 aromatic heterocycles. The minimum Gasteiger partial charge on any atom is -0.497 e. The number of hydrazone groups is 1. The van der Waals surface area contributed by atoms with Crippen LogP contribution in [-0.2, 0) is 0 Å². The van der Waals surface area contributed by atoms with Crippen LogP contribution < -0.4 is 15.5 Å². The van der Waals surface area contributed by atoms with Crippen LogP contribution in [0.25, 0.3) is 0 Å². The molecule has 2 aromatic carbocycles. The highest BCUT2D eigenvalue weighted by atomic mass is 79.9. The lowest BCUT2D eigenvalue weighted by Crippen LogP contribution is -2.11. The van der Waals surface area contributed by atoms with Crippen molar-refractivity contribution in [3.05, 3.63) is 74.8 Å². The molecule has 162 valence electrons. The van der Waals surface area contributed by atoms with Crippen molar-refractivity contribution >= 4 is 56.4 Å². The molecule has 1 amide bonds. The standard InChI is InChI=1S/C20H19N5O4S.BrH/c1-12(14-7-9-17(29-3)10-8-14)23-24-20-21-13(2)18(30-20)19(26)22-15-5-4-6-16(11-15)25(27)28;/h4-11H,1-3H3,(H,21,24)(H,22,26);1H. The normalized spacial score (nSPS) is 10.7. The summed E-state index contributed by atoms with van der Waals surface area (Å²) < 4.78 is 5.14. The van der Waals surface area contributed by atoms with Gasteiger partial charge in [0.15, 0.2) is 0 Å². The first-order valence-electron chi connectivity index (χ1n) is 8.85. The zero-order valence-corrected chi connectivity index (χ0v) is 19.4. The Labute approximate surface area is 193 Å². The van der Waals surface area contributed by atoms with E-state index in [-0.39, 0.29) is 22.7 Å². The number of aromatic nitrogens is 1. The van der Waals surface area contributed by atoms with Gasteiger partial charge in [-0.15, -0.1) is 17.0 Å². The Morgan fingerprint density at radius 1 is 1.23 bits per heavy atom. The second-order valence-corrected chi connectivity index (χ2v) is 7.23. The Hall–Kier alpha value is -3.31. The maximum atomic E-state index is 12.6. The van der Waals surface area contributed by atoms with E-state index in [0.29, 0.717) is 21.4 Å². The SMILES string of the molecule is Br.COc1ccc(C(C)=NNc2nc(C)c(C(=O)Nc3cccc([N+](=O)[O-])c3)s2)cc1. The number of nitro benzene ring substituents is 1. The first-order valence-corrected chi connectivity index (χ1v) is 9.67. The second kappa shape index (κ2) is 10.6. The zero-order valence-electron chi connectivity index (χ0n) is 16.9. The third-order valence-electron chi connectivity index (χ3n) is 4.14. The van der Waals surface area contributed by atoms with Gasteiger partial charge in [0, 0.05) is 17.8 Å². The number of nitrogens with zero attached hydrogens (tertiary/aromatic N) is 3. The van der Waals surface area contributed by atoms with Crippen molar-refractivity contribution in [1.82, 2.24) is 4.98 Å². The smallest absolute Gasteiger partial charge is 0.271 e. The largest absolute Gasteiger partial charge is 0.497 e. The molecule has 0 unspecified atom stereocenters. The number of aryl methyl sites for hydroxylation is 1. The van der Waals surface area contributed by atoms with E-state index >= 15 is 0 Å². The highest BCUT2D eigenvalue weighted by molar-refractivity contribution is 8.93. The highest BCUT2D eigenvalue weighted by Crippen LogP contribution is 2.25. The Kier molecular flexibility index (Phi) is 8.22. The number of hydrogen-bond acceptors (Lipinski definition) is 8. The molecule has 0 bridgehead atoms. The number of amides is 1. The van der Waals surface area contributed by atoms with E-state index in [1.807, 2.05) is 31.2 Å². The van der Waals surface area contributed by atoms with Gasteiger partial charge in [0.1, 0.15) is 10.6 Å². The minimum absolute atomic E-state index is 0. The fourth-order valence-corrected chi connectivity index (χ4v) is 3.37. The van der Waals surface area contributed by atoms with E-state index in [1.165, 1.54) is 18.2 Å². The Bertz CT molecular complexity index is 1120. The van der Waals surface area contributed by atoms with Crippen molar-refractivity contribution < 1.29 is 14.5 Å². The van der Waals surface area contributed by atoms with Crippen molar-refractivity contribution in [3.8, 4) is 5.75 Å². The number of halogens is 1. The summed E-state index contributed by atoms with van der Waals surface area (Å²) >= 11 is 1.15. The molecule has 0 fully saturated rings. The summed E-state index contributed by atoms with van der Waals surface area (Å²) in [6.07, 6.45) is 0. The van der Waals surface area contributed by atoms with Crippen LogP contribution in [0.5, 0.6) is 5.75 Å². The minimum atomic E-state index is -0.515. The first kappa shape index (κ1) is 24.0. The number of non-ortho nitro benzene ring substituents is 1. The number of thiazole rings is 1. The average molecular weight is 506 g/mol. The topological polar surface area (TPSA) is 119 Å². The van der Waals surface area contributed by atoms with Crippen LogP contribution in [-0.4, -0.2) is 28.6 Å². The van der Waals surface area contributed by atoms with Crippen molar-refractivity contribution in [2.45, 2.75) is 13.8 Å². The molecule has 2 N–H and O–H groups in total. The summed E-state index contributed by atoms with van der Waals surface area (Å²) in [6.45, 7) is 3.56. The van der Waals surface area contributed by atoms with Gasteiger partial charge >= 0.3 is 0 Å². The first-order chi connectivity index (χ1) is 14.4. The number of carbonyl (C=O) groups excluding carboxylic acids is 1. The Morgan fingerprint density at radius 2 is 1.94 bits per heavy atom. The molecule has 1 heterocycles. The maximum absolute atomic E-state index is 12.6. The van der Waals surface area contributed by atoms with E-state index in [1.54, 1.807) is 20.1 Å². The summed E-state index contributed by atoms with van der Waals surface area (Å²) in [5.74, 6) is 0.365. The van der Waals surface area contributed by atoms with Gasteiger partial charge in [0.05, 0.1) is 23.4 Å². The van der Waals surface area contributed by atoms with Gasteiger partial charge in [-0.05, 0) is 49.7 Å². The van der Waals surface area contributed by atoms with Gasteiger partial charge < -0.3 is 10.1 Å². The predicted molar refractivity (Wildman–Crippen MR) is 127 cm³/mol. The van der Waals surface area contributed by atoms with Crippen molar-refractivity contribution in [2.75, 3.05) is 17.9 Å². The van der Waals surface area contributed by atoms with Gasteiger partial charge in [-0.2, -0.15) is 5.10 Å². The summed E-state index contributed by atoms with van der Waals surface area (Å²) in [5.41, 5.74) is 5.30. The van der Waals surface area contributed by atoms with Gasteiger partial charge in [0.25, 0.3) is 11.6 Å². The van der Waals surface area contributed by atoms with E-state index in [2.05, 4.69) is 20.8 Å². The third kappa shape index (κ3) is 6.09. The summed E-state index contributed by atoms with van der Waals surface area (Å²) in [7, 11) is 1.61. The lowest BCUT2D eigenvalue weighted by molar-refractivity contribution is -0.384. The number of anilines is 2. The molecule has 3 aromatic rings. The summed E-state index contributed by atoms with van der Waals surface area (Å²) in [4.78, 5) is 27.6. The predicted octanol–water partition coefficient (Wildman–Crippen LogP) is 5.03. The second-order valence-electron chi connectivity index (χ2n) is 6.23. The van der Waals surface area contributed by atoms with Gasteiger partial charge in [-0.3, -0.25) is 20.3 Å². The number of ether oxygens (including phenoxy) is 1. The van der Waals surface area contributed by atoms with E-state index in [9.17, 15) is 14.9 Å². The van der Waals surface area contributed by atoms with E-state index < -0.39 is 10.8 Å². The van der Waals surface area contributed by atoms with Crippen molar-refractivity contribution in [3.63, 3.8) is 0 Å². The molecule has 3 rings (SSSR count). The molecule has 0 aliphatic heterocycles. The van der Waals surface area contributed by atoms with Crippen LogP contribution in [0.2, 0.25) is 0 Å². The van der Waals surface area contributed by atoms with Crippen molar-refractivity contribution in [1.29, 1.82) is 0 Å². The van der Waals surface area contributed by atoms with Crippen LogP contribution in [0.1, 0.15) is 27.9 Å². The molecule has 0 aliphatic rings. The fourth-order valence-electron chi connectivity index (χ4n) is 2.57. The van der Waals surface area contributed by atoms with Crippen molar-refractivity contribution in [2.24, 2.45) is 5.10 Å². The quantitative estimate of drug-likeness (QED) is 0.264. The highest BCUT2D eigenvalue weighted by Gasteiger charge is 2.16. The Balaban J connectivity index is 0.00000341. The summed E-state index contributed by atoms with van der Waals surface area (Å²) in [5, 5.41) is 18.3. The molecule has 0 saturated heterocycles. The zero-order chi connectivity index (χ0) is 21.7. The van der Waals surface area contributed by atoms with E-state index in [0.717, 1.165) is 28.4 Å². The van der Waals surface area contributed by atoms with Gasteiger partial charge in [-0.25, -0.2) is 4.98 Å². The van der Waals surface area contributed by atoms with Gasteiger partial charge in [-0.1, -0.05) is 17.4 Å². The number of carbonyl (C=O) groups is 1. The lowest BCUT2D eigenvalue weighted by Gasteiger charge is -2.04. The van der Waals surface area contributed by atoms with Crippen LogP contribution in [0.15, 0.2) is 53.6 Å². The molecule has 0 saturated carbocycles. The van der Waals surface area contributed by atoms with Crippen LogP contribution in [0.3, 0.4) is 0 Å². The Morgan fingerprint density at radius 3 is 2.58 bits per heavy atom. The average Bonchev–Trinajstić information content (AvgIpc) is 3.13. The molecule has 9 nitrogen and oxygen atoms in total. The fraction of sp³-hybridized carbons (Fsp3) is 0.150. The molecular formula is C20H20BrN5O4S. The lowest BCUT2D eigenvalue weighted by atomic mass is 10.1. The number of rotatable bonds is 7. The number of nitro groups is 1. The van der Waals surface area contributed by atoms with Crippen LogP contribution in [0, 0.1) is 17.0 Å². The van der Waals surface area contributed by atoms with E-state index in [4.69, 9.17) is 4.74 Å². The third-order valence-corrected chi connectivity index (χ3v) is 5.21. The molecule has 0 atom stereocenters. The molecular weight excluding hydrogens is 486 g/mol. The molecule has 0 radical (unpaired) electrons. The molecule has 11 heteroatoms. The number of hydrogen-bond donors (Lipinski definition) is 2.